The maximum absolute atomic E-state index is 11.6. The van der Waals surface area contributed by atoms with E-state index in [9.17, 15) is 9.59 Å². The highest BCUT2D eigenvalue weighted by Crippen LogP contribution is 2.08. The van der Waals surface area contributed by atoms with Gasteiger partial charge in [-0.3, -0.25) is 14.9 Å². The Balaban J connectivity index is 1.78. The molecular weight excluding hydrogens is 282 g/mol. The summed E-state index contributed by atoms with van der Waals surface area (Å²) < 4.78 is 0. The highest BCUT2D eigenvalue weighted by molar-refractivity contribution is 6.31. The number of nitrogens with one attached hydrogen (secondary N) is 2. The number of hydrogen-bond donors (Lipinski definition) is 2. The van der Waals surface area contributed by atoms with Crippen LogP contribution < -0.4 is 10.6 Å². The van der Waals surface area contributed by atoms with Crippen molar-refractivity contribution in [2.24, 2.45) is 5.16 Å². The van der Waals surface area contributed by atoms with Crippen molar-refractivity contribution in [3.8, 4) is 0 Å². The van der Waals surface area contributed by atoms with Crippen LogP contribution in [0.3, 0.4) is 0 Å². The summed E-state index contributed by atoms with van der Waals surface area (Å²) in [5.74, 6) is -0.489. The van der Waals surface area contributed by atoms with Gasteiger partial charge in [-0.2, -0.15) is 0 Å². The smallest absolute Gasteiger partial charge is 0.321 e. The van der Waals surface area contributed by atoms with Gasteiger partial charge in [0.05, 0.1) is 0 Å². The van der Waals surface area contributed by atoms with E-state index in [1.165, 1.54) is 0 Å². The second kappa shape index (κ2) is 7.58. The standard InChI is InChI=1S/C16H15N3O3/c1-12-7-9-14(10-8-12)18-15(20)11-17-22-16(21)19-13-5-3-2-4-6-13/h2-11H,1H3,(H,18,20)(H,19,21)/b17-11+. The van der Waals surface area contributed by atoms with Crippen LogP contribution in [0.1, 0.15) is 5.56 Å². The summed E-state index contributed by atoms with van der Waals surface area (Å²) in [6, 6.07) is 16.1. The topological polar surface area (TPSA) is 79.8 Å². The number of rotatable bonds is 4. The predicted octanol–water partition coefficient (Wildman–Crippen LogP) is 3.17. The highest BCUT2D eigenvalue weighted by Gasteiger charge is 2.03. The fourth-order valence-electron chi connectivity index (χ4n) is 1.60. The van der Waals surface area contributed by atoms with Crippen molar-refractivity contribution < 1.29 is 14.4 Å². The van der Waals surface area contributed by atoms with Crippen LogP contribution in [-0.2, 0) is 9.63 Å². The molecular formula is C16H15N3O3. The molecule has 0 unspecified atom stereocenters. The number of carbonyl (C=O) groups is 2. The Bertz CT molecular complexity index is 667. The van der Waals surface area contributed by atoms with Gasteiger partial charge in [-0.15, -0.1) is 0 Å². The molecule has 2 aromatic carbocycles. The largest absolute Gasteiger partial charge is 0.437 e. The summed E-state index contributed by atoms with van der Waals surface area (Å²) in [5.41, 5.74) is 2.30. The molecule has 0 aliphatic heterocycles. The number of hydrogen-bond acceptors (Lipinski definition) is 4. The SMILES string of the molecule is Cc1ccc(NC(=O)/C=N/OC(=O)Nc2ccccc2)cc1. The van der Waals surface area contributed by atoms with E-state index in [1.807, 2.05) is 25.1 Å². The molecule has 0 heterocycles. The van der Waals surface area contributed by atoms with Gasteiger partial charge >= 0.3 is 6.09 Å². The lowest BCUT2D eigenvalue weighted by molar-refractivity contribution is -0.110. The zero-order valence-electron chi connectivity index (χ0n) is 11.9. The van der Waals surface area contributed by atoms with Crippen molar-refractivity contribution in [3.05, 3.63) is 60.2 Å². The normalized spacial score (nSPS) is 10.2. The fourth-order valence-corrected chi connectivity index (χ4v) is 1.60. The van der Waals surface area contributed by atoms with Crippen LogP contribution in [0, 0.1) is 6.92 Å². The number of carbonyl (C=O) groups excluding carboxylic acids is 2. The summed E-state index contributed by atoms with van der Waals surface area (Å²) >= 11 is 0. The van der Waals surface area contributed by atoms with Crippen molar-refractivity contribution in [1.29, 1.82) is 0 Å². The number of nitrogens with zero attached hydrogens (tertiary/aromatic N) is 1. The van der Waals surface area contributed by atoms with Crippen molar-refractivity contribution in [1.82, 2.24) is 0 Å². The molecule has 0 aromatic heterocycles. The molecule has 2 N–H and O–H groups in total. The Labute approximate surface area is 127 Å². The maximum Gasteiger partial charge on any atom is 0.437 e. The molecule has 0 bridgehead atoms. The molecule has 0 radical (unpaired) electrons. The van der Waals surface area contributed by atoms with Gasteiger partial charge in [0.1, 0.15) is 6.21 Å². The van der Waals surface area contributed by atoms with E-state index in [-0.39, 0.29) is 0 Å². The minimum atomic E-state index is -0.773. The molecule has 0 fully saturated rings. The van der Waals surface area contributed by atoms with Crippen LogP contribution in [-0.4, -0.2) is 18.2 Å². The first-order valence-corrected chi connectivity index (χ1v) is 6.57. The van der Waals surface area contributed by atoms with Gasteiger partial charge in [0.2, 0.25) is 0 Å². The van der Waals surface area contributed by atoms with Gasteiger partial charge in [-0.25, -0.2) is 4.79 Å². The van der Waals surface area contributed by atoms with E-state index in [1.54, 1.807) is 36.4 Å². The average Bonchev–Trinajstić information content (AvgIpc) is 2.50. The lowest BCUT2D eigenvalue weighted by atomic mass is 10.2. The van der Waals surface area contributed by atoms with E-state index >= 15 is 0 Å². The molecule has 2 rings (SSSR count). The van der Waals surface area contributed by atoms with Crippen LogP contribution in [0.4, 0.5) is 16.2 Å². The number of para-hydroxylation sites is 1. The molecule has 112 valence electrons. The second-order valence-electron chi connectivity index (χ2n) is 4.46. The van der Waals surface area contributed by atoms with Crippen molar-refractivity contribution >= 4 is 29.6 Å². The van der Waals surface area contributed by atoms with E-state index in [0.717, 1.165) is 11.8 Å². The monoisotopic (exact) mass is 297 g/mol. The molecule has 2 aromatic rings. The minimum Gasteiger partial charge on any atom is -0.321 e. The summed E-state index contributed by atoms with van der Waals surface area (Å²) in [5, 5.41) is 8.39. The van der Waals surface area contributed by atoms with E-state index in [2.05, 4.69) is 20.6 Å². The predicted molar refractivity (Wildman–Crippen MR) is 84.8 cm³/mol. The number of amides is 2. The first kappa shape index (κ1) is 15.2. The first-order valence-electron chi connectivity index (χ1n) is 6.57. The molecule has 0 aliphatic carbocycles. The molecule has 6 nitrogen and oxygen atoms in total. The van der Waals surface area contributed by atoms with Crippen molar-refractivity contribution in [2.45, 2.75) is 6.92 Å². The Morgan fingerprint density at radius 2 is 1.59 bits per heavy atom. The van der Waals surface area contributed by atoms with Gasteiger partial charge in [0.15, 0.2) is 0 Å². The first-order chi connectivity index (χ1) is 10.6. The molecule has 0 aliphatic rings. The van der Waals surface area contributed by atoms with Gasteiger partial charge in [0, 0.05) is 11.4 Å². The zero-order chi connectivity index (χ0) is 15.8. The maximum atomic E-state index is 11.6. The van der Waals surface area contributed by atoms with Crippen LogP contribution in [0.25, 0.3) is 0 Å². The van der Waals surface area contributed by atoms with E-state index in [0.29, 0.717) is 11.4 Å². The van der Waals surface area contributed by atoms with Crippen molar-refractivity contribution in [3.63, 3.8) is 0 Å². The molecule has 2 amide bonds. The molecule has 0 saturated heterocycles. The molecule has 0 atom stereocenters. The molecule has 0 saturated carbocycles. The summed E-state index contributed by atoms with van der Waals surface area (Å²) in [6.07, 6.45) is 0.121. The Hall–Kier alpha value is -3.15. The van der Waals surface area contributed by atoms with Gasteiger partial charge in [0.25, 0.3) is 5.91 Å². The lowest BCUT2D eigenvalue weighted by Gasteiger charge is -2.02. The fraction of sp³-hybridized carbons (Fsp3) is 0.0625. The van der Waals surface area contributed by atoms with Gasteiger partial charge < -0.3 is 5.32 Å². The molecule has 22 heavy (non-hydrogen) atoms. The molecule has 6 heteroatoms. The number of aryl methyl sites for hydroxylation is 1. The van der Waals surface area contributed by atoms with Gasteiger partial charge in [-0.05, 0) is 31.2 Å². The minimum absolute atomic E-state index is 0.489. The lowest BCUT2D eigenvalue weighted by Crippen LogP contribution is -2.15. The Kier molecular flexibility index (Phi) is 5.25. The number of oxime groups is 1. The van der Waals surface area contributed by atoms with Crippen LogP contribution in [0.5, 0.6) is 0 Å². The summed E-state index contributed by atoms with van der Waals surface area (Å²) in [6.45, 7) is 1.95. The number of anilines is 2. The third-order valence-electron chi connectivity index (χ3n) is 2.64. The third kappa shape index (κ3) is 5.09. The summed E-state index contributed by atoms with van der Waals surface area (Å²) in [7, 11) is 0. The van der Waals surface area contributed by atoms with E-state index in [4.69, 9.17) is 0 Å². The quantitative estimate of drug-likeness (QED) is 0.517. The Morgan fingerprint density at radius 1 is 0.955 bits per heavy atom. The third-order valence-corrected chi connectivity index (χ3v) is 2.64. The van der Waals surface area contributed by atoms with Crippen LogP contribution in [0.2, 0.25) is 0 Å². The average molecular weight is 297 g/mol. The van der Waals surface area contributed by atoms with Crippen LogP contribution >= 0.6 is 0 Å². The van der Waals surface area contributed by atoms with E-state index < -0.39 is 12.0 Å². The Morgan fingerprint density at radius 3 is 2.27 bits per heavy atom. The zero-order valence-corrected chi connectivity index (χ0v) is 11.9. The van der Waals surface area contributed by atoms with Gasteiger partial charge in [-0.1, -0.05) is 41.1 Å². The van der Waals surface area contributed by atoms with Crippen LogP contribution in [0.15, 0.2) is 59.8 Å². The second-order valence-corrected chi connectivity index (χ2v) is 4.46. The molecule has 0 spiro atoms. The van der Waals surface area contributed by atoms with Crippen molar-refractivity contribution in [2.75, 3.05) is 10.6 Å². The number of benzene rings is 2. The summed E-state index contributed by atoms with van der Waals surface area (Å²) in [4.78, 5) is 27.5. The highest BCUT2D eigenvalue weighted by atomic mass is 16.7.